The Bertz CT molecular complexity index is 185. The Balaban J connectivity index is 2.69. The molecular weight excluding hydrogens is 134 g/mol. The Labute approximate surface area is 58.6 Å². The first-order chi connectivity index (χ1) is 4.34. The molecular formula is C6H9NOS. The van der Waals surface area contributed by atoms with Gasteiger partial charge in [0.25, 0.3) is 0 Å². The zero-order valence-electron chi connectivity index (χ0n) is 5.55. The van der Waals surface area contributed by atoms with E-state index < -0.39 is 0 Å². The van der Waals surface area contributed by atoms with Crippen molar-refractivity contribution in [3.63, 3.8) is 0 Å². The van der Waals surface area contributed by atoms with Crippen LogP contribution in [0.3, 0.4) is 0 Å². The lowest BCUT2D eigenvalue weighted by atomic mass is 10.3. The van der Waals surface area contributed by atoms with Gasteiger partial charge in [0.05, 0.1) is 5.69 Å². The molecule has 0 N–H and O–H groups in total. The van der Waals surface area contributed by atoms with Gasteiger partial charge in [0.15, 0.2) is 0 Å². The quantitative estimate of drug-likeness (QED) is 0.632. The maximum absolute atomic E-state index is 4.73. The standard InChI is InChI=1S/C6H9NOS/c1-5-6(4-9-2)3-8-7-5/h3H,4H2,1-2H3. The van der Waals surface area contributed by atoms with Gasteiger partial charge in [0.2, 0.25) is 0 Å². The van der Waals surface area contributed by atoms with Gasteiger partial charge in [0.1, 0.15) is 6.26 Å². The van der Waals surface area contributed by atoms with Gasteiger partial charge in [-0.05, 0) is 13.2 Å². The second kappa shape index (κ2) is 2.92. The number of hydrogen-bond donors (Lipinski definition) is 0. The SMILES string of the molecule is CSCc1conc1C. The minimum Gasteiger partial charge on any atom is -0.364 e. The third kappa shape index (κ3) is 1.48. The summed E-state index contributed by atoms with van der Waals surface area (Å²) in [6.07, 6.45) is 3.76. The van der Waals surface area contributed by atoms with Gasteiger partial charge in [-0.2, -0.15) is 11.8 Å². The van der Waals surface area contributed by atoms with E-state index in [1.54, 1.807) is 18.0 Å². The van der Waals surface area contributed by atoms with Crippen LogP contribution in [-0.2, 0) is 5.75 Å². The zero-order chi connectivity index (χ0) is 6.69. The van der Waals surface area contributed by atoms with Gasteiger partial charge < -0.3 is 4.52 Å². The average Bonchev–Trinajstić information content (AvgIpc) is 2.18. The van der Waals surface area contributed by atoms with E-state index in [1.807, 2.05) is 6.92 Å². The Morgan fingerprint density at radius 2 is 2.56 bits per heavy atom. The van der Waals surface area contributed by atoms with E-state index in [2.05, 4.69) is 11.4 Å². The molecule has 2 nitrogen and oxygen atoms in total. The lowest BCUT2D eigenvalue weighted by molar-refractivity contribution is 0.414. The highest BCUT2D eigenvalue weighted by molar-refractivity contribution is 7.97. The lowest BCUT2D eigenvalue weighted by Crippen LogP contribution is -1.78. The summed E-state index contributed by atoms with van der Waals surface area (Å²) in [5.74, 6) is 0.995. The number of aromatic nitrogens is 1. The second-order valence-corrected chi connectivity index (χ2v) is 2.72. The number of nitrogens with zero attached hydrogens (tertiary/aromatic N) is 1. The lowest BCUT2D eigenvalue weighted by Gasteiger charge is -1.88. The zero-order valence-corrected chi connectivity index (χ0v) is 6.36. The van der Waals surface area contributed by atoms with Crippen molar-refractivity contribution in [3.8, 4) is 0 Å². The second-order valence-electron chi connectivity index (χ2n) is 1.86. The van der Waals surface area contributed by atoms with Crippen LogP contribution in [0, 0.1) is 6.92 Å². The molecule has 0 atom stereocenters. The Hall–Kier alpha value is -0.440. The topological polar surface area (TPSA) is 26.0 Å². The number of hydrogen-bond acceptors (Lipinski definition) is 3. The van der Waals surface area contributed by atoms with Crippen LogP contribution in [0.4, 0.5) is 0 Å². The van der Waals surface area contributed by atoms with Crippen LogP contribution in [-0.4, -0.2) is 11.4 Å². The van der Waals surface area contributed by atoms with Crippen molar-refractivity contribution in [2.75, 3.05) is 6.26 Å². The van der Waals surface area contributed by atoms with Crippen molar-refractivity contribution in [1.29, 1.82) is 0 Å². The van der Waals surface area contributed by atoms with Gasteiger partial charge >= 0.3 is 0 Å². The predicted molar refractivity (Wildman–Crippen MR) is 38.5 cm³/mol. The summed E-state index contributed by atoms with van der Waals surface area (Å²) in [5.41, 5.74) is 2.20. The van der Waals surface area contributed by atoms with Crippen LogP contribution in [0.5, 0.6) is 0 Å². The van der Waals surface area contributed by atoms with E-state index in [1.165, 1.54) is 5.56 Å². The fraction of sp³-hybridized carbons (Fsp3) is 0.500. The Kier molecular flexibility index (Phi) is 2.16. The van der Waals surface area contributed by atoms with Crippen molar-refractivity contribution in [2.45, 2.75) is 12.7 Å². The van der Waals surface area contributed by atoms with E-state index in [-0.39, 0.29) is 0 Å². The summed E-state index contributed by atoms with van der Waals surface area (Å²) in [6.45, 7) is 1.95. The minimum absolute atomic E-state index is 0.995. The van der Waals surface area contributed by atoms with Gasteiger partial charge in [-0.25, -0.2) is 0 Å². The summed E-state index contributed by atoms with van der Waals surface area (Å²) >= 11 is 1.77. The van der Waals surface area contributed by atoms with Crippen LogP contribution in [0.1, 0.15) is 11.3 Å². The van der Waals surface area contributed by atoms with Gasteiger partial charge in [-0.15, -0.1) is 0 Å². The smallest absolute Gasteiger partial charge is 0.128 e. The summed E-state index contributed by atoms with van der Waals surface area (Å²) in [7, 11) is 0. The van der Waals surface area contributed by atoms with Crippen LogP contribution < -0.4 is 0 Å². The molecule has 0 saturated carbocycles. The fourth-order valence-corrected chi connectivity index (χ4v) is 1.19. The van der Waals surface area contributed by atoms with Crippen LogP contribution in [0.2, 0.25) is 0 Å². The fourth-order valence-electron chi connectivity index (χ4n) is 0.607. The Morgan fingerprint density at radius 3 is 3.00 bits per heavy atom. The summed E-state index contributed by atoms with van der Waals surface area (Å²) in [6, 6.07) is 0. The molecule has 1 rings (SSSR count). The van der Waals surface area contributed by atoms with Gasteiger partial charge in [-0.1, -0.05) is 5.16 Å². The molecule has 0 spiro atoms. The first-order valence-electron chi connectivity index (χ1n) is 2.73. The molecule has 0 aliphatic heterocycles. The maximum atomic E-state index is 4.73. The number of thioether (sulfide) groups is 1. The summed E-state index contributed by atoms with van der Waals surface area (Å²) in [4.78, 5) is 0. The first-order valence-corrected chi connectivity index (χ1v) is 4.12. The van der Waals surface area contributed by atoms with Crippen LogP contribution in [0.25, 0.3) is 0 Å². The molecule has 1 aromatic rings. The molecule has 0 amide bonds. The molecule has 1 heterocycles. The maximum Gasteiger partial charge on any atom is 0.128 e. The number of aryl methyl sites for hydroxylation is 1. The third-order valence-corrected chi connectivity index (χ3v) is 1.75. The highest BCUT2D eigenvalue weighted by Crippen LogP contribution is 2.11. The number of rotatable bonds is 2. The van der Waals surface area contributed by atoms with E-state index in [4.69, 9.17) is 4.52 Å². The molecule has 0 saturated heterocycles. The predicted octanol–water partition coefficient (Wildman–Crippen LogP) is 1.85. The summed E-state index contributed by atoms with van der Waals surface area (Å²) < 4.78 is 4.73. The van der Waals surface area contributed by atoms with Crippen molar-refractivity contribution >= 4 is 11.8 Å². The van der Waals surface area contributed by atoms with E-state index in [0.29, 0.717) is 0 Å². The minimum atomic E-state index is 0.995. The molecule has 50 valence electrons. The molecule has 0 aromatic carbocycles. The molecule has 0 unspecified atom stereocenters. The molecule has 0 bridgehead atoms. The average molecular weight is 143 g/mol. The van der Waals surface area contributed by atoms with Gasteiger partial charge in [-0.3, -0.25) is 0 Å². The van der Waals surface area contributed by atoms with Crippen LogP contribution in [0.15, 0.2) is 10.8 Å². The van der Waals surface area contributed by atoms with E-state index >= 15 is 0 Å². The van der Waals surface area contributed by atoms with Crippen molar-refractivity contribution in [3.05, 3.63) is 17.5 Å². The van der Waals surface area contributed by atoms with Crippen molar-refractivity contribution < 1.29 is 4.52 Å². The monoisotopic (exact) mass is 143 g/mol. The molecule has 9 heavy (non-hydrogen) atoms. The van der Waals surface area contributed by atoms with Gasteiger partial charge in [0, 0.05) is 11.3 Å². The van der Waals surface area contributed by atoms with Crippen LogP contribution >= 0.6 is 11.8 Å². The highest BCUT2D eigenvalue weighted by atomic mass is 32.2. The highest BCUT2D eigenvalue weighted by Gasteiger charge is 1.99. The molecule has 0 aliphatic carbocycles. The molecule has 0 aliphatic rings. The van der Waals surface area contributed by atoms with E-state index in [9.17, 15) is 0 Å². The first kappa shape index (κ1) is 6.68. The third-order valence-electron chi connectivity index (χ3n) is 1.15. The Morgan fingerprint density at radius 1 is 1.78 bits per heavy atom. The molecule has 0 radical (unpaired) electrons. The summed E-state index contributed by atoms with van der Waals surface area (Å²) in [5, 5.41) is 3.75. The normalized spacial score (nSPS) is 10.0. The largest absolute Gasteiger partial charge is 0.364 e. The van der Waals surface area contributed by atoms with Crippen molar-refractivity contribution in [2.24, 2.45) is 0 Å². The van der Waals surface area contributed by atoms with Crippen molar-refractivity contribution in [1.82, 2.24) is 5.16 Å². The molecule has 1 aromatic heterocycles. The molecule has 3 heteroatoms. The van der Waals surface area contributed by atoms with E-state index in [0.717, 1.165) is 11.4 Å². The molecule has 0 fully saturated rings.